The first kappa shape index (κ1) is 12.0. The summed E-state index contributed by atoms with van der Waals surface area (Å²) in [7, 11) is 0. The van der Waals surface area contributed by atoms with Crippen LogP contribution in [0.1, 0.15) is 26.3 Å². The maximum Gasteiger partial charge on any atom is 0.255 e. The van der Waals surface area contributed by atoms with E-state index in [1.165, 1.54) is 0 Å². The summed E-state index contributed by atoms with van der Waals surface area (Å²) in [6.45, 7) is 1.91. The standard InChI is InChI=1S/C15H13NO2/c1-11-7-8-13(10-17)14(9-11)16-15(18)12-5-3-2-4-6-12/h2-10H,1H3,(H,16,18). The van der Waals surface area contributed by atoms with Crippen LogP contribution in [0.25, 0.3) is 0 Å². The number of benzene rings is 2. The second-order valence-electron chi connectivity index (χ2n) is 4.03. The first-order valence-corrected chi connectivity index (χ1v) is 5.63. The molecule has 0 saturated carbocycles. The minimum absolute atomic E-state index is 0.218. The largest absolute Gasteiger partial charge is 0.321 e. The predicted molar refractivity (Wildman–Crippen MR) is 71.0 cm³/mol. The molecule has 0 bridgehead atoms. The Hall–Kier alpha value is -2.42. The van der Waals surface area contributed by atoms with Gasteiger partial charge >= 0.3 is 0 Å². The average Bonchev–Trinajstić information content (AvgIpc) is 2.40. The molecule has 2 rings (SSSR count). The van der Waals surface area contributed by atoms with Gasteiger partial charge in [-0.3, -0.25) is 9.59 Å². The molecule has 0 aromatic heterocycles. The van der Waals surface area contributed by atoms with Gasteiger partial charge in [-0.1, -0.05) is 24.3 Å². The molecule has 0 fully saturated rings. The minimum atomic E-state index is -0.218. The Bertz CT molecular complexity index is 576. The summed E-state index contributed by atoms with van der Waals surface area (Å²) in [4.78, 5) is 22.9. The fraction of sp³-hybridized carbons (Fsp3) is 0.0667. The third-order valence-electron chi connectivity index (χ3n) is 2.62. The van der Waals surface area contributed by atoms with Gasteiger partial charge in [0.1, 0.15) is 0 Å². The Labute approximate surface area is 105 Å². The van der Waals surface area contributed by atoms with Gasteiger partial charge in [-0.05, 0) is 36.8 Å². The molecule has 2 aromatic carbocycles. The van der Waals surface area contributed by atoms with E-state index in [-0.39, 0.29) is 5.91 Å². The molecule has 90 valence electrons. The van der Waals surface area contributed by atoms with Gasteiger partial charge in [0.2, 0.25) is 0 Å². The summed E-state index contributed by atoms with van der Waals surface area (Å²) in [5.41, 5.74) is 2.57. The lowest BCUT2D eigenvalue weighted by atomic mass is 10.1. The molecule has 0 aliphatic heterocycles. The average molecular weight is 239 g/mol. The number of hydrogen-bond donors (Lipinski definition) is 1. The second kappa shape index (κ2) is 5.27. The molecular weight excluding hydrogens is 226 g/mol. The summed E-state index contributed by atoms with van der Waals surface area (Å²) < 4.78 is 0. The summed E-state index contributed by atoms with van der Waals surface area (Å²) >= 11 is 0. The van der Waals surface area contributed by atoms with Crippen molar-refractivity contribution in [2.75, 3.05) is 5.32 Å². The van der Waals surface area contributed by atoms with Crippen molar-refractivity contribution in [1.82, 2.24) is 0 Å². The lowest BCUT2D eigenvalue weighted by molar-refractivity contribution is 0.102. The highest BCUT2D eigenvalue weighted by atomic mass is 16.1. The van der Waals surface area contributed by atoms with Crippen molar-refractivity contribution in [1.29, 1.82) is 0 Å². The van der Waals surface area contributed by atoms with Crippen LogP contribution in [0.4, 0.5) is 5.69 Å². The van der Waals surface area contributed by atoms with Gasteiger partial charge in [-0.2, -0.15) is 0 Å². The molecule has 18 heavy (non-hydrogen) atoms. The maximum atomic E-state index is 12.0. The molecule has 2 aromatic rings. The summed E-state index contributed by atoms with van der Waals surface area (Å²) in [6, 6.07) is 14.2. The predicted octanol–water partition coefficient (Wildman–Crippen LogP) is 3.06. The molecule has 0 spiro atoms. The monoisotopic (exact) mass is 239 g/mol. The summed E-state index contributed by atoms with van der Waals surface area (Å²) in [5, 5.41) is 2.75. The second-order valence-corrected chi connectivity index (χ2v) is 4.03. The van der Waals surface area contributed by atoms with Crippen molar-refractivity contribution < 1.29 is 9.59 Å². The first-order valence-electron chi connectivity index (χ1n) is 5.63. The first-order chi connectivity index (χ1) is 8.70. The van der Waals surface area contributed by atoms with Crippen LogP contribution >= 0.6 is 0 Å². The van der Waals surface area contributed by atoms with Crippen LogP contribution in [0.2, 0.25) is 0 Å². The quantitative estimate of drug-likeness (QED) is 0.837. The topological polar surface area (TPSA) is 46.2 Å². The number of anilines is 1. The van der Waals surface area contributed by atoms with Crippen molar-refractivity contribution in [2.24, 2.45) is 0 Å². The fourth-order valence-electron chi connectivity index (χ4n) is 1.67. The molecule has 0 saturated heterocycles. The Morgan fingerprint density at radius 1 is 1.11 bits per heavy atom. The number of hydrogen-bond acceptors (Lipinski definition) is 2. The van der Waals surface area contributed by atoms with Crippen molar-refractivity contribution in [3.05, 3.63) is 65.2 Å². The number of aryl methyl sites for hydroxylation is 1. The van der Waals surface area contributed by atoms with Gasteiger partial charge < -0.3 is 5.32 Å². The van der Waals surface area contributed by atoms with E-state index in [9.17, 15) is 9.59 Å². The van der Waals surface area contributed by atoms with E-state index < -0.39 is 0 Å². The number of carbonyl (C=O) groups is 2. The van der Waals surface area contributed by atoms with Gasteiger partial charge in [-0.15, -0.1) is 0 Å². The van der Waals surface area contributed by atoms with E-state index in [1.807, 2.05) is 19.1 Å². The van der Waals surface area contributed by atoms with E-state index in [0.717, 1.165) is 11.8 Å². The Balaban J connectivity index is 2.27. The van der Waals surface area contributed by atoms with Crippen molar-refractivity contribution in [3.8, 4) is 0 Å². The highest BCUT2D eigenvalue weighted by Gasteiger charge is 2.08. The van der Waals surface area contributed by atoms with E-state index in [1.54, 1.807) is 36.4 Å². The normalized spacial score (nSPS) is 9.83. The zero-order chi connectivity index (χ0) is 13.0. The van der Waals surface area contributed by atoms with E-state index >= 15 is 0 Å². The zero-order valence-electron chi connectivity index (χ0n) is 10.0. The van der Waals surface area contributed by atoms with Crippen LogP contribution in [0, 0.1) is 6.92 Å². The molecule has 1 amide bonds. The molecule has 3 heteroatoms. The van der Waals surface area contributed by atoms with Crippen LogP contribution in [-0.4, -0.2) is 12.2 Å². The highest BCUT2D eigenvalue weighted by Crippen LogP contribution is 2.16. The third kappa shape index (κ3) is 2.63. The minimum Gasteiger partial charge on any atom is -0.321 e. The van der Waals surface area contributed by atoms with E-state index in [2.05, 4.69) is 5.32 Å². The SMILES string of the molecule is Cc1ccc(C=O)c(NC(=O)c2ccccc2)c1. The van der Waals surface area contributed by atoms with Gasteiger partial charge in [0.05, 0.1) is 5.69 Å². The van der Waals surface area contributed by atoms with Gasteiger partial charge in [0.25, 0.3) is 5.91 Å². The van der Waals surface area contributed by atoms with Gasteiger partial charge in [-0.25, -0.2) is 0 Å². The summed E-state index contributed by atoms with van der Waals surface area (Å²) in [5.74, 6) is -0.218. The van der Waals surface area contributed by atoms with Crippen molar-refractivity contribution in [3.63, 3.8) is 0 Å². The Morgan fingerprint density at radius 3 is 2.50 bits per heavy atom. The van der Waals surface area contributed by atoms with Gasteiger partial charge in [0, 0.05) is 11.1 Å². The molecular formula is C15H13NO2. The van der Waals surface area contributed by atoms with Crippen LogP contribution in [0.3, 0.4) is 0 Å². The lowest BCUT2D eigenvalue weighted by Crippen LogP contribution is -2.13. The van der Waals surface area contributed by atoms with Crippen LogP contribution < -0.4 is 5.32 Å². The smallest absolute Gasteiger partial charge is 0.255 e. The maximum absolute atomic E-state index is 12.0. The number of carbonyl (C=O) groups excluding carboxylic acids is 2. The number of nitrogens with one attached hydrogen (secondary N) is 1. The Morgan fingerprint density at radius 2 is 1.83 bits per heavy atom. The van der Waals surface area contributed by atoms with E-state index in [4.69, 9.17) is 0 Å². The molecule has 3 nitrogen and oxygen atoms in total. The number of aldehydes is 1. The molecule has 0 radical (unpaired) electrons. The van der Waals surface area contributed by atoms with Crippen LogP contribution in [0.5, 0.6) is 0 Å². The molecule has 0 unspecified atom stereocenters. The highest BCUT2D eigenvalue weighted by molar-refractivity contribution is 6.06. The number of amides is 1. The molecule has 0 aliphatic carbocycles. The number of rotatable bonds is 3. The molecule has 0 heterocycles. The third-order valence-corrected chi connectivity index (χ3v) is 2.62. The Kier molecular flexibility index (Phi) is 3.53. The zero-order valence-corrected chi connectivity index (χ0v) is 10.0. The van der Waals surface area contributed by atoms with Crippen LogP contribution in [-0.2, 0) is 0 Å². The fourth-order valence-corrected chi connectivity index (χ4v) is 1.67. The summed E-state index contributed by atoms with van der Waals surface area (Å²) in [6.07, 6.45) is 0.736. The van der Waals surface area contributed by atoms with Gasteiger partial charge in [0.15, 0.2) is 6.29 Å². The van der Waals surface area contributed by atoms with Crippen molar-refractivity contribution >= 4 is 17.9 Å². The molecule has 0 aliphatic rings. The van der Waals surface area contributed by atoms with Crippen molar-refractivity contribution in [2.45, 2.75) is 6.92 Å². The lowest BCUT2D eigenvalue weighted by Gasteiger charge is -2.08. The van der Waals surface area contributed by atoms with Crippen LogP contribution in [0.15, 0.2) is 48.5 Å². The van der Waals surface area contributed by atoms with E-state index in [0.29, 0.717) is 16.8 Å². The molecule has 1 N–H and O–H groups in total. The molecule has 0 atom stereocenters.